The van der Waals surface area contributed by atoms with Gasteiger partial charge in [-0.05, 0) is 37.5 Å². The monoisotopic (exact) mass is 451 g/mol. The lowest BCUT2D eigenvalue weighted by molar-refractivity contribution is -0.142. The third-order valence-corrected chi connectivity index (χ3v) is 6.11. The van der Waals surface area contributed by atoms with E-state index in [0.717, 1.165) is 6.42 Å². The standard InChI is InChI=1S/C24H29N5O4/c30-21(17-29-15-6-11-27-29)28-14-5-10-24(18-28)9-3-4-16-33-20-8-2-1-7-19(20)22(31)25-12-13-26-23(24)32/h1-4,6-8,11,15H,5,9-10,12-14,16-18H2,(H,25,31)(H,26,32)/b4-3+/t24-/m1/s1. The molecule has 1 aromatic heterocycles. The molecular formula is C24H29N5O4. The number of aromatic nitrogens is 2. The molecule has 4 rings (SSSR count). The zero-order valence-corrected chi connectivity index (χ0v) is 18.5. The molecule has 2 N–H and O–H groups in total. The number of nitrogens with zero attached hydrogens (tertiary/aromatic N) is 3. The summed E-state index contributed by atoms with van der Waals surface area (Å²) in [5.74, 6) is 0.115. The first-order valence-corrected chi connectivity index (χ1v) is 11.3. The van der Waals surface area contributed by atoms with Gasteiger partial charge in [0, 0.05) is 38.6 Å². The Balaban J connectivity index is 1.49. The average molecular weight is 452 g/mol. The number of benzene rings is 1. The molecule has 0 aliphatic carbocycles. The molecule has 33 heavy (non-hydrogen) atoms. The Hall–Kier alpha value is -3.62. The molecule has 0 radical (unpaired) electrons. The highest BCUT2D eigenvalue weighted by Crippen LogP contribution is 2.34. The van der Waals surface area contributed by atoms with Crippen LogP contribution in [0.25, 0.3) is 0 Å². The van der Waals surface area contributed by atoms with Gasteiger partial charge in [0.1, 0.15) is 18.9 Å². The van der Waals surface area contributed by atoms with E-state index < -0.39 is 5.41 Å². The highest BCUT2D eigenvalue weighted by atomic mass is 16.5. The first-order valence-electron chi connectivity index (χ1n) is 11.3. The molecule has 3 amide bonds. The Morgan fingerprint density at radius 2 is 1.97 bits per heavy atom. The highest BCUT2D eigenvalue weighted by Gasteiger charge is 2.42. The molecule has 2 aliphatic heterocycles. The Labute approximate surface area is 192 Å². The SMILES string of the molecule is O=C1NCCNC(=O)[C@]2(C/C=C/COc3ccccc31)CCCN(C(=O)Cn1cccn1)C2. The Morgan fingerprint density at radius 1 is 1.12 bits per heavy atom. The predicted octanol–water partition coefficient (Wildman–Crippen LogP) is 1.38. The third-order valence-electron chi connectivity index (χ3n) is 6.11. The van der Waals surface area contributed by atoms with Crippen LogP contribution in [-0.4, -0.2) is 65.2 Å². The molecule has 1 atom stereocenters. The Morgan fingerprint density at radius 3 is 2.82 bits per heavy atom. The minimum absolute atomic E-state index is 0.0545. The van der Waals surface area contributed by atoms with Gasteiger partial charge in [-0.2, -0.15) is 5.10 Å². The van der Waals surface area contributed by atoms with Gasteiger partial charge in [0.25, 0.3) is 5.91 Å². The molecule has 1 fully saturated rings. The number of amides is 3. The van der Waals surface area contributed by atoms with E-state index >= 15 is 0 Å². The van der Waals surface area contributed by atoms with E-state index in [-0.39, 0.29) is 30.9 Å². The first kappa shape index (κ1) is 22.6. The van der Waals surface area contributed by atoms with Crippen molar-refractivity contribution in [1.29, 1.82) is 0 Å². The fraction of sp³-hybridized carbons (Fsp3) is 0.417. The number of likely N-dealkylation sites (tertiary alicyclic amines) is 1. The van der Waals surface area contributed by atoms with Crippen LogP contribution in [0.1, 0.15) is 29.6 Å². The van der Waals surface area contributed by atoms with Gasteiger partial charge in [0.15, 0.2) is 0 Å². The minimum atomic E-state index is -0.722. The molecule has 1 saturated heterocycles. The van der Waals surface area contributed by atoms with Gasteiger partial charge < -0.3 is 20.3 Å². The zero-order chi connectivity index (χ0) is 23.1. The van der Waals surface area contributed by atoms with Crippen molar-refractivity contribution in [2.75, 3.05) is 32.8 Å². The van der Waals surface area contributed by atoms with Crippen molar-refractivity contribution >= 4 is 17.7 Å². The van der Waals surface area contributed by atoms with Crippen molar-refractivity contribution < 1.29 is 19.1 Å². The molecule has 9 nitrogen and oxygen atoms in total. The summed E-state index contributed by atoms with van der Waals surface area (Å²) in [5.41, 5.74) is -0.259. The number of ether oxygens (including phenoxy) is 1. The number of piperidine rings is 1. The average Bonchev–Trinajstić information content (AvgIpc) is 3.34. The summed E-state index contributed by atoms with van der Waals surface area (Å²) >= 11 is 0. The molecule has 9 heteroatoms. The molecule has 2 aromatic rings. The van der Waals surface area contributed by atoms with E-state index in [1.807, 2.05) is 18.2 Å². The number of allylic oxidation sites excluding steroid dienone is 1. The van der Waals surface area contributed by atoms with E-state index in [1.165, 1.54) is 0 Å². The highest BCUT2D eigenvalue weighted by molar-refractivity contribution is 5.97. The quantitative estimate of drug-likeness (QED) is 0.671. The second-order valence-corrected chi connectivity index (χ2v) is 8.40. The van der Waals surface area contributed by atoms with Crippen molar-refractivity contribution in [1.82, 2.24) is 25.3 Å². The summed E-state index contributed by atoms with van der Waals surface area (Å²) in [6, 6.07) is 8.87. The van der Waals surface area contributed by atoms with Gasteiger partial charge in [0.2, 0.25) is 11.8 Å². The van der Waals surface area contributed by atoms with Crippen molar-refractivity contribution in [2.24, 2.45) is 5.41 Å². The lowest BCUT2D eigenvalue weighted by atomic mass is 9.76. The van der Waals surface area contributed by atoms with Crippen LogP contribution in [-0.2, 0) is 16.1 Å². The molecule has 3 heterocycles. The summed E-state index contributed by atoms with van der Waals surface area (Å²) in [7, 11) is 0. The smallest absolute Gasteiger partial charge is 0.255 e. The number of fused-ring (bicyclic) bond motifs is 1. The van der Waals surface area contributed by atoms with E-state index in [0.29, 0.717) is 50.3 Å². The Kier molecular flexibility index (Phi) is 7.07. The van der Waals surface area contributed by atoms with Crippen molar-refractivity contribution in [3.05, 3.63) is 60.4 Å². The summed E-state index contributed by atoms with van der Waals surface area (Å²) in [6.07, 6.45) is 9.12. The molecule has 1 spiro atoms. The normalized spacial score (nSPS) is 23.0. The van der Waals surface area contributed by atoms with Gasteiger partial charge in [-0.25, -0.2) is 0 Å². The summed E-state index contributed by atoms with van der Waals surface area (Å²) in [5, 5.41) is 9.91. The van der Waals surface area contributed by atoms with Gasteiger partial charge in [-0.1, -0.05) is 24.3 Å². The maximum absolute atomic E-state index is 13.3. The molecule has 0 saturated carbocycles. The van der Waals surface area contributed by atoms with Crippen LogP contribution in [0.15, 0.2) is 54.9 Å². The number of para-hydroxylation sites is 1. The van der Waals surface area contributed by atoms with E-state index in [2.05, 4.69) is 15.7 Å². The van der Waals surface area contributed by atoms with Crippen LogP contribution < -0.4 is 15.4 Å². The molecule has 0 unspecified atom stereocenters. The van der Waals surface area contributed by atoms with Crippen molar-refractivity contribution in [2.45, 2.75) is 25.8 Å². The second kappa shape index (κ2) is 10.3. The molecule has 2 aliphatic rings. The number of nitrogens with one attached hydrogen (secondary N) is 2. The van der Waals surface area contributed by atoms with Crippen LogP contribution in [0, 0.1) is 5.41 Å². The molecule has 0 bridgehead atoms. The minimum Gasteiger partial charge on any atom is -0.489 e. The summed E-state index contributed by atoms with van der Waals surface area (Å²) in [6.45, 7) is 2.00. The number of carbonyl (C=O) groups excluding carboxylic acids is 3. The third kappa shape index (κ3) is 5.42. The van der Waals surface area contributed by atoms with E-state index in [4.69, 9.17) is 4.74 Å². The molecule has 174 valence electrons. The zero-order valence-electron chi connectivity index (χ0n) is 18.5. The maximum Gasteiger partial charge on any atom is 0.255 e. The largest absolute Gasteiger partial charge is 0.489 e. The van der Waals surface area contributed by atoms with Crippen LogP contribution in [0.3, 0.4) is 0 Å². The fourth-order valence-electron chi connectivity index (χ4n) is 4.35. The number of hydrogen-bond acceptors (Lipinski definition) is 5. The molecule has 1 aromatic carbocycles. The topological polar surface area (TPSA) is 106 Å². The van der Waals surface area contributed by atoms with Gasteiger partial charge in [0.05, 0.1) is 11.0 Å². The van der Waals surface area contributed by atoms with Crippen LogP contribution in [0.2, 0.25) is 0 Å². The van der Waals surface area contributed by atoms with Crippen LogP contribution in [0.5, 0.6) is 5.75 Å². The summed E-state index contributed by atoms with van der Waals surface area (Å²) in [4.78, 5) is 40.4. The van der Waals surface area contributed by atoms with E-state index in [1.54, 1.807) is 46.2 Å². The lowest BCUT2D eigenvalue weighted by Crippen LogP contribution is -2.54. The van der Waals surface area contributed by atoms with Crippen molar-refractivity contribution in [3.8, 4) is 5.75 Å². The molecular weight excluding hydrogens is 422 g/mol. The lowest BCUT2D eigenvalue weighted by Gasteiger charge is -2.41. The number of carbonyl (C=O) groups is 3. The predicted molar refractivity (Wildman–Crippen MR) is 122 cm³/mol. The summed E-state index contributed by atoms with van der Waals surface area (Å²) < 4.78 is 7.39. The fourth-order valence-corrected chi connectivity index (χ4v) is 4.35. The first-order chi connectivity index (χ1) is 16.1. The van der Waals surface area contributed by atoms with Gasteiger partial charge >= 0.3 is 0 Å². The van der Waals surface area contributed by atoms with Gasteiger partial charge in [-0.15, -0.1) is 0 Å². The Bertz CT molecular complexity index is 1020. The van der Waals surface area contributed by atoms with Crippen molar-refractivity contribution in [3.63, 3.8) is 0 Å². The number of rotatable bonds is 2. The van der Waals surface area contributed by atoms with E-state index in [9.17, 15) is 14.4 Å². The maximum atomic E-state index is 13.3. The van der Waals surface area contributed by atoms with Crippen LogP contribution >= 0.6 is 0 Å². The van der Waals surface area contributed by atoms with Crippen LogP contribution in [0.4, 0.5) is 0 Å². The number of hydrogen-bond donors (Lipinski definition) is 2. The second-order valence-electron chi connectivity index (χ2n) is 8.40. The van der Waals surface area contributed by atoms with Gasteiger partial charge in [-0.3, -0.25) is 19.1 Å².